The van der Waals surface area contributed by atoms with Crippen molar-refractivity contribution < 1.29 is 9.72 Å². The number of nitrogens with two attached hydrogens (primary N) is 1. The Morgan fingerprint density at radius 1 is 1.45 bits per heavy atom. The number of aromatic amines is 1. The van der Waals surface area contributed by atoms with Crippen LogP contribution in [0.2, 0.25) is 0 Å². The molecular weight excluding hydrogens is 282 g/mol. The minimum Gasteiger partial charge on any atom is -0.385 e. The van der Waals surface area contributed by atoms with Crippen LogP contribution in [0.15, 0.2) is 30.3 Å². The standard InChI is InChI=1S/C11H9N5O3S/c12-8-5-9(15-11(20)13-8)14-10(17)6-2-1-3-7(4-6)16(18)19/h1-5H,(H4,12,13,14,15,17,20). The number of amides is 1. The first-order chi connectivity index (χ1) is 9.45. The highest BCUT2D eigenvalue weighted by Crippen LogP contribution is 2.15. The van der Waals surface area contributed by atoms with Gasteiger partial charge >= 0.3 is 0 Å². The Morgan fingerprint density at radius 2 is 2.20 bits per heavy atom. The molecule has 0 atom stereocenters. The summed E-state index contributed by atoms with van der Waals surface area (Å²) < 4.78 is 0.124. The van der Waals surface area contributed by atoms with E-state index in [2.05, 4.69) is 15.3 Å². The highest BCUT2D eigenvalue weighted by Gasteiger charge is 2.12. The molecule has 4 N–H and O–H groups in total. The average Bonchev–Trinajstić information content (AvgIpc) is 2.37. The first kappa shape index (κ1) is 13.6. The third-order valence-corrected chi connectivity index (χ3v) is 2.52. The van der Waals surface area contributed by atoms with E-state index in [0.29, 0.717) is 0 Å². The number of H-pyrrole nitrogens is 1. The molecule has 1 aromatic heterocycles. The van der Waals surface area contributed by atoms with Crippen molar-refractivity contribution in [2.24, 2.45) is 0 Å². The molecule has 2 rings (SSSR count). The Labute approximate surface area is 117 Å². The van der Waals surface area contributed by atoms with Crippen LogP contribution < -0.4 is 11.1 Å². The van der Waals surface area contributed by atoms with E-state index < -0.39 is 10.8 Å². The second-order valence-corrected chi connectivity index (χ2v) is 4.18. The van der Waals surface area contributed by atoms with Crippen LogP contribution in [0, 0.1) is 14.9 Å². The lowest BCUT2D eigenvalue weighted by Crippen LogP contribution is -2.13. The van der Waals surface area contributed by atoms with Crippen LogP contribution in [0.25, 0.3) is 0 Å². The molecule has 8 nitrogen and oxygen atoms in total. The van der Waals surface area contributed by atoms with Gasteiger partial charge in [0.25, 0.3) is 11.6 Å². The molecule has 0 bridgehead atoms. The molecule has 0 radical (unpaired) electrons. The van der Waals surface area contributed by atoms with Gasteiger partial charge in [-0.3, -0.25) is 14.9 Å². The number of hydrogen-bond acceptors (Lipinski definition) is 6. The van der Waals surface area contributed by atoms with Crippen molar-refractivity contribution in [2.45, 2.75) is 0 Å². The highest BCUT2D eigenvalue weighted by atomic mass is 32.1. The molecule has 20 heavy (non-hydrogen) atoms. The fourth-order valence-corrected chi connectivity index (χ4v) is 1.71. The van der Waals surface area contributed by atoms with Crippen molar-refractivity contribution in [2.75, 3.05) is 11.1 Å². The largest absolute Gasteiger partial charge is 0.385 e. The monoisotopic (exact) mass is 291 g/mol. The number of hydrogen-bond donors (Lipinski definition) is 3. The van der Waals surface area contributed by atoms with E-state index in [9.17, 15) is 14.9 Å². The van der Waals surface area contributed by atoms with Crippen LogP contribution in [0.5, 0.6) is 0 Å². The quantitative estimate of drug-likeness (QED) is 0.450. The zero-order valence-corrected chi connectivity index (χ0v) is 10.8. The molecule has 0 spiro atoms. The maximum Gasteiger partial charge on any atom is 0.270 e. The molecule has 2 aromatic rings. The second kappa shape index (κ2) is 5.45. The lowest BCUT2D eigenvalue weighted by Gasteiger charge is -2.05. The van der Waals surface area contributed by atoms with Crippen LogP contribution in [-0.4, -0.2) is 20.8 Å². The van der Waals surface area contributed by atoms with Crippen LogP contribution >= 0.6 is 12.2 Å². The summed E-state index contributed by atoms with van der Waals surface area (Å²) in [6, 6.07) is 6.74. The Hall–Kier alpha value is -2.81. The molecule has 1 aromatic carbocycles. The molecule has 0 fully saturated rings. The minimum atomic E-state index is -0.578. The summed E-state index contributed by atoms with van der Waals surface area (Å²) in [7, 11) is 0. The molecule has 0 saturated carbocycles. The Kier molecular flexibility index (Phi) is 3.71. The number of nitrogens with one attached hydrogen (secondary N) is 2. The first-order valence-corrected chi connectivity index (χ1v) is 5.79. The zero-order valence-electron chi connectivity index (χ0n) is 9.99. The predicted octanol–water partition coefficient (Wildman–Crippen LogP) is 1.88. The number of nitro groups is 1. The molecule has 0 aliphatic heterocycles. The maximum atomic E-state index is 12.0. The van der Waals surface area contributed by atoms with Crippen LogP contribution in [-0.2, 0) is 0 Å². The summed E-state index contributed by atoms with van der Waals surface area (Å²) >= 11 is 4.82. The van der Waals surface area contributed by atoms with Crippen LogP contribution in [0.4, 0.5) is 17.3 Å². The molecule has 0 aliphatic carbocycles. The molecule has 0 saturated heterocycles. The smallest absolute Gasteiger partial charge is 0.270 e. The summed E-state index contributed by atoms with van der Waals surface area (Å²) in [5.41, 5.74) is 5.50. The van der Waals surface area contributed by atoms with Gasteiger partial charge in [0.15, 0.2) is 4.77 Å². The molecule has 0 unspecified atom stereocenters. The number of rotatable bonds is 3. The Balaban J connectivity index is 2.26. The maximum absolute atomic E-state index is 12.0. The van der Waals surface area contributed by atoms with Crippen molar-refractivity contribution >= 4 is 35.4 Å². The number of non-ortho nitro benzene ring substituents is 1. The van der Waals surface area contributed by atoms with Crippen LogP contribution in [0.1, 0.15) is 10.4 Å². The summed E-state index contributed by atoms with van der Waals surface area (Å²) in [6.07, 6.45) is 0. The van der Waals surface area contributed by atoms with Gasteiger partial charge in [0, 0.05) is 23.8 Å². The normalized spacial score (nSPS) is 10.0. The third-order valence-electron chi connectivity index (χ3n) is 2.33. The first-order valence-electron chi connectivity index (χ1n) is 5.38. The lowest BCUT2D eigenvalue weighted by atomic mass is 10.2. The number of carbonyl (C=O) groups excluding carboxylic acids is 1. The van der Waals surface area contributed by atoms with Gasteiger partial charge in [-0.1, -0.05) is 6.07 Å². The van der Waals surface area contributed by atoms with E-state index in [1.165, 1.54) is 30.3 Å². The zero-order chi connectivity index (χ0) is 14.7. The van der Waals surface area contributed by atoms with Gasteiger partial charge in [0.1, 0.15) is 11.6 Å². The third kappa shape index (κ3) is 3.14. The Bertz CT molecular complexity index is 743. The van der Waals surface area contributed by atoms with Crippen molar-refractivity contribution in [1.29, 1.82) is 0 Å². The van der Waals surface area contributed by atoms with Gasteiger partial charge in [-0.2, -0.15) is 0 Å². The molecular formula is C11H9N5O3S. The van der Waals surface area contributed by atoms with E-state index in [-0.39, 0.29) is 27.7 Å². The van der Waals surface area contributed by atoms with E-state index >= 15 is 0 Å². The van der Waals surface area contributed by atoms with E-state index in [4.69, 9.17) is 18.0 Å². The van der Waals surface area contributed by atoms with Gasteiger partial charge < -0.3 is 16.0 Å². The van der Waals surface area contributed by atoms with Gasteiger partial charge in [-0.05, 0) is 18.3 Å². The molecule has 1 amide bonds. The molecule has 1 heterocycles. The second-order valence-electron chi connectivity index (χ2n) is 3.79. The van der Waals surface area contributed by atoms with Gasteiger partial charge in [0.05, 0.1) is 4.92 Å². The van der Waals surface area contributed by atoms with Crippen molar-refractivity contribution in [1.82, 2.24) is 9.97 Å². The molecule has 102 valence electrons. The summed E-state index contributed by atoms with van der Waals surface area (Å²) in [6.45, 7) is 0. The number of carbonyl (C=O) groups is 1. The number of benzene rings is 1. The Morgan fingerprint density at radius 3 is 2.85 bits per heavy atom. The molecule has 0 aliphatic rings. The number of anilines is 2. The summed E-state index contributed by atoms with van der Waals surface area (Å²) in [5.74, 6) is -0.122. The number of nitro benzene ring substituents is 1. The predicted molar refractivity (Wildman–Crippen MR) is 74.9 cm³/mol. The molecule has 9 heteroatoms. The fraction of sp³-hybridized carbons (Fsp3) is 0. The van der Waals surface area contributed by atoms with E-state index in [1.54, 1.807) is 0 Å². The van der Waals surface area contributed by atoms with E-state index in [1.807, 2.05) is 0 Å². The van der Waals surface area contributed by atoms with Gasteiger partial charge in [-0.25, -0.2) is 4.98 Å². The number of nitrogen functional groups attached to an aromatic ring is 1. The summed E-state index contributed by atoms with van der Waals surface area (Å²) in [4.78, 5) is 28.5. The van der Waals surface area contributed by atoms with Gasteiger partial charge in [-0.15, -0.1) is 0 Å². The number of nitrogens with zero attached hydrogens (tertiary/aromatic N) is 2. The van der Waals surface area contributed by atoms with Crippen LogP contribution in [0.3, 0.4) is 0 Å². The average molecular weight is 291 g/mol. The number of aromatic nitrogens is 2. The van der Waals surface area contributed by atoms with Crippen molar-refractivity contribution in [3.05, 3.63) is 50.8 Å². The summed E-state index contributed by atoms with van der Waals surface area (Å²) in [5, 5.41) is 13.1. The minimum absolute atomic E-state index is 0.124. The van der Waals surface area contributed by atoms with Crippen molar-refractivity contribution in [3.63, 3.8) is 0 Å². The highest BCUT2D eigenvalue weighted by molar-refractivity contribution is 7.71. The van der Waals surface area contributed by atoms with Gasteiger partial charge in [0.2, 0.25) is 0 Å². The van der Waals surface area contributed by atoms with E-state index in [0.717, 1.165) is 0 Å². The fourth-order valence-electron chi connectivity index (χ4n) is 1.49. The van der Waals surface area contributed by atoms with Crippen molar-refractivity contribution in [3.8, 4) is 0 Å². The SMILES string of the molecule is Nc1cc(NC(=O)c2cccc([N+](=O)[O-])c2)nc(=S)[nH]1. The lowest BCUT2D eigenvalue weighted by molar-refractivity contribution is -0.384. The topological polar surface area (TPSA) is 127 Å².